The van der Waals surface area contributed by atoms with Gasteiger partial charge in [-0.3, -0.25) is 14.0 Å². The standard InChI is InChI=1S/C15H17N7O2/c1-20-12(4-5-18-20)14(23)21-6-2-3-10(8-21)22-13-11(19-15(22)24)7-16-9-17-13/h4-5,7,9-10H,2-3,6,8H2,1H3,(H,19,24). The van der Waals surface area contributed by atoms with Crippen molar-refractivity contribution in [2.75, 3.05) is 13.1 Å². The maximum atomic E-state index is 12.7. The Kier molecular flexibility index (Phi) is 3.40. The van der Waals surface area contributed by atoms with Crippen molar-refractivity contribution in [3.63, 3.8) is 0 Å². The first kappa shape index (κ1) is 14.6. The van der Waals surface area contributed by atoms with Gasteiger partial charge in [-0.2, -0.15) is 5.10 Å². The summed E-state index contributed by atoms with van der Waals surface area (Å²) in [7, 11) is 1.75. The summed E-state index contributed by atoms with van der Waals surface area (Å²) < 4.78 is 3.21. The molecule has 0 aromatic carbocycles. The highest BCUT2D eigenvalue weighted by atomic mass is 16.2. The largest absolute Gasteiger partial charge is 0.335 e. The number of carbonyl (C=O) groups excluding carboxylic acids is 1. The predicted octanol–water partition coefficient (Wildman–Crippen LogP) is 0.330. The van der Waals surface area contributed by atoms with Crippen molar-refractivity contribution >= 4 is 17.1 Å². The molecule has 1 amide bonds. The Hall–Kier alpha value is -2.97. The predicted molar refractivity (Wildman–Crippen MR) is 85.5 cm³/mol. The zero-order valence-electron chi connectivity index (χ0n) is 13.2. The van der Waals surface area contributed by atoms with Gasteiger partial charge in [-0.05, 0) is 18.9 Å². The van der Waals surface area contributed by atoms with Crippen LogP contribution < -0.4 is 5.69 Å². The number of fused-ring (bicyclic) bond motifs is 1. The number of imidazole rings is 1. The number of nitrogens with zero attached hydrogens (tertiary/aromatic N) is 6. The van der Waals surface area contributed by atoms with E-state index in [1.807, 2.05) is 0 Å². The molecule has 1 fully saturated rings. The highest BCUT2D eigenvalue weighted by Gasteiger charge is 2.29. The van der Waals surface area contributed by atoms with Crippen LogP contribution in [-0.4, -0.2) is 53.2 Å². The van der Waals surface area contributed by atoms with Gasteiger partial charge >= 0.3 is 5.69 Å². The molecule has 1 saturated heterocycles. The van der Waals surface area contributed by atoms with Crippen LogP contribution in [0.2, 0.25) is 0 Å². The lowest BCUT2D eigenvalue weighted by Crippen LogP contribution is -2.43. The number of amides is 1. The Morgan fingerprint density at radius 1 is 1.42 bits per heavy atom. The zero-order chi connectivity index (χ0) is 16.7. The highest BCUT2D eigenvalue weighted by Crippen LogP contribution is 2.24. The molecule has 4 heterocycles. The molecular formula is C15H17N7O2. The summed E-state index contributed by atoms with van der Waals surface area (Å²) >= 11 is 0. The minimum atomic E-state index is -0.217. The lowest BCUT2D eigenvalue weighted by atomic mass is 10.1. The molecule has 0 aliphatic carbocycles. The van der Waals surface area contributed by atoms with Crippen LogP contribution in [0, 0.1) is 0 Å². The number of hydrogen-bond acceptors (Lipinski definition) is 5. The van der Waals surface area contributed by atoms with Crippen LogP contribution in [0.1, 0.15) is 29.4 Å². The minimum Gasteiger partial charge on any atom is -0.335 e. The van der Waals surface area contributed by atoms with Gasteiger partial charge in [0.25, 0.3) is 5.91 Å². The van der Waals surface area contributed by atoms with Crippen LogP contribution in [0.5, 0.6) is 0 Å². The molecule has 1 unspecified atom stereocenters. The number of aryl methyl sites for hydroxylation is 1. The molecule has 124 valence electrons. The molecule has 1 aliphatic heterocycles. The summed E-state index contributed by atoms with van der Waals surface area (Å²) in [5.41, 5.74) is 1.52. The van der Waals surface area contributed by atoms with E-state index in [-0.39, 0.29) is 17.6 Å². The van der Waals surface area contributed by atoms with Crippen LogP contribution >= 0.6 is 0 Å². The van der Waals surface area contributed by atoms with Gasteiger partial charge in [0.15, 0.2) is 5.65 Å². The van der Waals surface area contributed by atoms with E-state index in [4.69, 9.17) is 0 Å². The third-order valence-corrected chi connectivity index (χ3v) is 4.47. The average Bonchev–Trinajstić information content (AvgIpc) is 3.16. The number of hydrogen-bond donors (Lipinski definition) is 1. The molecule has 4 rings (SSSR count). The smallest absolute Gasteiger partial charge is 0.328 e. The topological polar surface area (TPSA) is 102 Å². The molecule has 1 aliphatic rings. The molecule has 0 radical (unpaired) electrons. The van der Waals surface area contributed by atoms with Gasteiger partial charge in [-0.15, -0.1) is 0 Å². The number of piperidine rings is 1. The number of likely N-dealkylation sites (tertiary alicyclic amines) is 1. The molecule has 24 heavy (non-hydrogen) atoms. The molecule has 9 nitrogen and oxygen atoms in total. The number of carbonyl (C=O) groups is 1. The van der Waals surface area contributed by atoms with E-state index in [2.05, 4.69) is 20.1 Å². The Balaban J connectivity index is 1.65. The number of H-pyrrole nitrogens is 1. The first-order chi connectivity index (χ1) is 11.6. The van der Waals surface area contributed by atoms with Gasteiger partial charge < -0.3 is 9.88 Å². The fraction of sp³-hybridized carbons (Fsp3) is 0.400. The first-order valence-electron chi connectivity index (χ1n) is 7.82. The van der Waals surface area contributed by atoms with Crippen LogP contribution in [-0.2, 0) is 7.05 Å². The first-order valence-corrected chi connectivity index (χ1v) is 7.82. The monoisotopic (exact) mass is 327 g/mol. The van der Waals surface area contributed by atoms with Gasteiger partial charge in [0.2, 0.25) is 0 Å². The van der Waals surface area contributed by atoms with Gasteiger partial charge in [0.05, 0.1) is 12.2 Å². The second-order valence-electron chi connectivity index (χ2n) is 5.95. The second kappa shape index (κ2) is 5.59. The summed E-state index contributed by atoms with van der Waals surface area (Å²) in [5.74, 6) is -0.0674. The Morgan fingerprint density at radius 2 is 2.29 bits per heavy atom. The van der Waals surface area contributed by atoms with Crippen LogP contribution in [0.25, 0.3) is 11.2 Å². The summed E-state index contributed by atoms with van der Waals surface area (Å²) in [6.07, 6.45) is 6.27. The Bertz CT molecular complexity index is 954. The summed E-state index contributed by atoms with van der Waals surface area (Å²) in [6, 6.07) is 1.60. The molecule has 3 aromatic heterocycles. The Morgan fingerprint density at radius 3 is 3.08 bits per heavy atom. The number of aromatic amines is 1. The second-order valence-corrected chi connectivity index (χ2v) is 5.95. The quantitative estimate of drug-likeness (QED) is 0.731. The third-order valence-electron chi connectivity index (χ3n) is 4.47. The van der Waals surface area contributed by atoms with E-state index >= 15 is 0 Å². The molecule has 3 aromatic rings. The molecule has 9 heteroatoms. The number of aromatic nitrogens is 6. The summed E-state index contributed by atoms with van der Waals surface area (Å²) in [6.45, 7) is 1.15. The van der Waals surface area contributed by atoms with Crippen molar-refractivity contribution in [1.82, 2.24) is 34.2 Å². The van der Waals surface area contributed by atoms with Gasteiger partial charge in [-0.25, -0.2) is 14.8 Å². The molecule has 1 atom stereocenters. The SMILES string of the molecule is Cn1nccc1C(=O)N1CCCC(n2c(=O)[nH]c3cncnc32)C1. The van der Waals surface area contributed by atoms with Gasteiger partial charge in [0, 0.05) is 26.3 Å². The molecule has 0 bridgehead atoms. The molecular weight excluding hydrogens is 310 g/mol. The van der Waals surface area contributed by atoms with Crippen molar-refractivity contribution in [3.8, 4) is 0 Å². The highest BCUT2D eigenvalue weighted by molar-refractivity contribution is 5.92. The maximum Gasteiger partial charge on any atom is 0.328 e. The van der Waals surface area contributed by atoms with Crippen molar-refractivity contribution < 1.29 is 4.79 Å². The van der Waals surface area contributed by atoms with Gasteiger partial charge in [0.1, 0.15) is 17.5 Å². The molecule has 1 N–H and O–H groups in total. The summed E-state index contributed by atoms with van der Waals surface area (Å²) in [4.78, 5) is 37.7. The zero-order valence-corrected chi connectivity index (χ0v) is 13.2. The van der Waals surface area contributed by atoms with E-state index in [1.54, 1.807) is 39.7 Å². The third kappa shape index (κ3) is 2.29. The number of rotatable bonds is 2. The van der Waals surface area contributed by atoms with Crippen molar-refractivity contribution in [3.05, 3.63) is 41.0 Å². The Labute approximate surface area is 136 Å². The number of nitrogens with one attached hydrogen (secondary N) is 1. The maximum absolute atomic E-state index is 12.7. The van der Waals surface area contributed by atoms with Gasteiger partial charge in [-0.1, -0.05) is 0 Å². The van der Waals surface area contributed by atoms with E-state index in [0.717, 1.165) is 12.8 Å². The minimum absolute atomic E-state index is 0.0674. The average molecular weight is 327 g/mol. The van der Waals surface area contributed by atoms with E-state index in [9.17, 15) is 9.59 Å². The lowest BCUT2D eigenvalue weighted by Gasteiger charge is -2.33. The van der Waals surface area contributed by atoms with Crippen LogP contribution in [0.3, 0.4) is 0 Å². The lowest BCUT2D eigenvalue weighted by molar-refractivity contribution is 0.0668. The van der Waals surface area contributed by atoms with Crippen molar-refractivity contribution in [2.45, 2.75) is 18.9 Å². The van der Waals surface area contributed by atoms with Crippen molar-refractivity contribution in [2.24, 2.45) is 7.05 Å². The normalized spacial score (nSPS) is 18.2. The van der Waals surface area contributed by atoms with E-state index in [0.29, 0.717) is 29.9 Å². The fourth-order valence-corrected chi connectivity index (χ4v) is 3.31. The molecule has 0 saturated carbocycles. The van der Waals surface area contributed by atoms with E-state index < -0.39 is 0 Å². The molecule has 0 spiro atoms. The van der Waals surface area contributed by atoms with Crippen LogP contribution in [0.15, 0.2) is 29.6 Å². The van der Waals surface area contributed by atoms with E-state index in [1.165, 1.54) is 6.33 Å². The fourth-order valence-electron chi connectivity index (χ4n) is 3.31. The summed E-state index contributed by atoms with van der Waals surface area (Å²) in [5, 5.41) is 4.05. The van der Waals surface area contributed by atoms with Crippen molar-refractivity contribution in [1.29, 1.82) is 0 Å². The van der Waals surface area contributed by atoms with Crippen LogP contribution in [0.4, 0.5) is 0 Å².